The van der Waals surface area contributed by atoms with Crippen molar-refractivity contribution in [2.45, 2.75) is 191 Å². The maximum absolute atomic E-state index is 2.76. The fourth-order valence-corrected chi connectivity index (χ4v) is 17.2. The molecule has 0 amide bonds. The van der Waals surface area contributed by atoms with Gasteiger partial charge < -0.3 is 9.80 Å². The van der Waals surface area contributed by atoms with Crippen LogP contribution < -0.4 is 25.5 Å². The molecule has 2 aliphatic carbocycles. The van der Waals surface area contributed by atoms with Gasteiger partial charge >= 0.3 is 0 Å². The van der Waals surface area contributed by atoms with Gasteiger partial charge in [0.1, 0.15) is 0 Å². The van der Waals surface area contributed by atoms with Crippen molar-refractivity contribution < 1.29 is 0 Å². The number of hydrogen-bond donors (Lipinski definition) is 0. The molecule has 0 spiro atoms. The molecule has 7 aromatic carbocycles. The molecule has 13 rings (SSSR count). The smallest absolute Gasteiger partial charge is 0.264 e. The zero-order valence-corrected chi connectivity index (χ0v) is 50.8. The summed E-state index contributed by atoms with van der Waals surface area (Å²) in [6, 6.07) is 49.4. The zero-order chi connectivity index (χ0) is 54.5. The molecule has 77 heavy (non-hydrogen) atoms. The molecular weight excluding hydrogens is 968 g/mol. The van der Waals surface area contributed by atoms with Gasteiger partial charge in [0, 0.05) is 58.4 Å². The van der Waals surface area contributed by atoms with E-state index in [1.807, 2.05) is 11.8 Å². The second-order valence-corrected chi connectivity index (χ2v) is 31.4. The van der Waals surface area contributed by atoms with Gasteiger partial charge in [-0.2, -0.15) is 0 Å². The third kappa shape index (κ3) is 7.69. The Kier molecular flexibility index (Phi) is 11.0. The lowest BCUT2D eigenvalue weighted by Gasteiger charge is -2.46. The van der Waals surface area contributed by atoms with Gasteiger partial charge in [-0.25, -0.2) is 0 Å². The molecule has 3 aliphatic heterocycles. The highest BCUT2D eigenvalue weighted by Crippen LogP contribution is 2.57. The van der Waals surface area contributed by atoms with E-state index in [4.69, 9.17) is 0 Å². The Labute approximate surface area is 470 Å². The van der Waals surface area contributed by atoms with Crippen LogP contribution in [-0.2, 0) is 37.9 Å². The van der Waals surface area contributed by atoms with Gasteiger partial charge in [0.25, 0.3) is 6.71 Å². The largest absolute Gasteiger partial charge is 0.311 e. The molecule has 392 valence electrons. The number of hydrogen-bond acceptors (Lipinski definition) is 4. The van der Waals surface area contributed by atoms with Crippen molar-refractivity contribution >= 4 is 89.7 Å². The van der Waals surface area contributed by atoms with Gasteiger partial charge in [-0.1, -0.05) is 183 Å². The molecular formula is C72H79BN2S2. The molecule has 1 aromatic heterocycles. The summed E-state index contributed by atoms with van der Waals surface area (Å²) >= 11 is 4.03. The Morgan fingerprint density at radius 2 is 1.06 bits per heavy atom. The quantitative estimate of drug-likeness (QED) is 0.163. The number of rotatable bonds is 3. The molecule has 0 N–H and O–H groups in total. The van der Waals surface area contributed by atoms with Gasteiger partial charge in [-0.15, -0.1) is 11.3 Å². The first-order valence-corrected chi connectivity index (χ1v) is 30.4. The predicted octanol–water partition coefficient (Wildman–Crippen LogP) is 19.0. The SMILES string of the molecule is Cc1cc2c3c(c1)N(c1ccc4c(c1)C(C)(C)CCC4(C)C)c1c(sc4cc5c(cc14)C(C)(C)CCC5(C)C)B3c1cc3c(cc1N2c1ccc(C(C)(C)C)cc1-c1ccc(C(C)(C)C)cc1)Sc1ccccc1C3(C)C. The fourth-order valence-electron chi connectivity index (χ4n) is 14.4. The average molecular weight is 1050 g/mol. The molecule has 0 bridgehead atoms. The van der Waals surface area contributed by atoms with Crippen molar-refractivity contribution in [2.24, 2.45) is 0 Å². The minimum atomic E-state index is -0.203. The number of fused-ring (bicyclic) bond motifs is 10. The van der Waals surface area contributed by atoms with Crippen LogP contribution >= 0.6 is 23.1 Å². The first-order chi connectivity index (χ1) is 36.0. The van der Waals surface area contributed by atoms with E-state index in [-0.39, 0.29) is 44.6 Å². The highest BCUT2D eigenvalue weighted by Gasteiger charge is 2.49. The molecule has 5 aliphatic rings. The van der Waals surface area contributed by atoms with Crippen molar-refractivity contribution in [1.29, 1.82) is 0 Å². The van der Waals surface area contributed by atoms with E-state index in [0.717, 1.165) is 0 Å². The van der Waals surface area contributed by atoms with Crippen molar-refractivity contribution in [3.05, 3.63) is 171 Å². The van der Waals surface area contributed by atoms with Crippen LogP contribution in [0, 0.1) is 6.92 Å². The van der Waals surface area contributed by atoms with E-state index in [1.165, 1.54) is 157 Å². The summed E-state index contributed by atoms with van der Waals surface area (Å²) in [6.45, 7) is 41.2. The van der Waals surface area contributed by atoms with Gasteiger partial charge in [0.05, 0.1) is 11.4 Å². The Balaban J connectivity index is 1.16. The minimum absolute atomic E-state index is 0.00758. The highest BCUT2D eigenvalue weighted by atomic mass is 32.2. The van der Waals surface area contributed by atoms with Crippen LogP contribution in [0.4, 0.5) is 34.1 Å². The third-order valence-electron chi connectivity index (χ3n) is 19.6. The van der Waals surface area contributed by atoms with Crippen LogP contribution in [-0.4, -0.2) is 6.71 Å². The van der Waals surface area contributed by atoms with Gasteiger partial charge in [-0.05, 0) is 192 Å². The molecule has 0 saturated carbocycles. The Morgan fingerprint density at radius 3 is 1.71 bits per heavy atom. The molecule has 0 fully saturated rings. The van der Waals surface area contributed by atoms with Crippen molar-refractivity contribution in [3.8, 4) is 11.1 Å². The summed E-state index contributed by atoms with van der Waals surface area (Å²) in [5, 5.41) is 1.39. The van der Waals surface area contributed by atoms with Gasteiger partial charge in [-0.3, -0.25) is 0 Å². The molecule has 2 nitrogen and oxygen atoms in total. The summed E-state index contributed by atoms with van der Waals surface area (Å²) in [5.41, 5.74) is 26.0. The Morgan fingerprint density at radius 1 is 0.481 bits per heavy atom. The van der Waals surface area contributed by atoms with E-state index >= 15 is 0 Å². The molecule has 0 unspecified atom stereocenters. The molecule has 8 aromatic rings. The average Bonchev–Trinajstić information content (AvgIpc) is 3.94. The minimum Gasteiger partial charge on any atom is -0.311 e. The van der Waals surface area contributed by atoms with Crippen LogP contribution in [0.2, 0.25) is 0 Å². The maximum atomic E-state index is 2.76. The summed E-state index contributed by atoms with van der Waals surface area (Å²) in [6.07, 6.45) is 4.74. The second kappa shape index (κ2) is 16.5. The van der Waals surface area contributed by atoms with Crippen molar-refractivity contribution in [1.82, 2.24) is 0 Å². The lowest BCUT2D eigenvalue weighted by Crippen LogP contribution is -2.60. The number of benzene rings is 7. The summed E-state index contributed by atoms with van der Waals surface area (Å²) in [4.78, 5) is 8.17. The second-order valence-electron chi connectivity index (χ2n) is 29.2. The van der Waals surface area contributed by atoms with Crippen LogP contribution in [0.15, 0.2) is 131 Å². The topological polar surface area (TPSA) is 6.48 Å². The Hall–Kier alpha value is -5.49. The van der Waals surface area contributed by atoms with Crippen LogP contribution in [0.3, 0.4) is 0 Å². The molecule has 0 saturated heterocycles. The number of aryl methyl sites for hydroxylation is 1. The summed E-state index contributed by atoms with van der Waals surface area (Å²) < 4.78 is 2.86. The molecule has 4 heterocycles. The maximum Gasteiger partial charge on any atom is 0.264 e. The Bertz CT molecular complexity index is 3810. The summed E-state index contributed by atoms with van der Waals surface area (Å²) in [7, 11) is 0. The zero-order valence-electron chi connectivity index (χ0n) is 49.2. The molecule has 0 radical (unpaired) electrons. The van der Waals surface area contributed by atoms with Crippen LogP contribution in [0.5, 0.6) is 0 Å². The third-order valence-corrected chi connectivity index (χ3v) is 21.9. The number of anilines is 6. The fraction of sp³-hybridized carbons (Fsp3) is 0.389. The lowest BCUT2D eigenvalue weighted by atomic mass is 9.36. The number of thiophene rings is 1. The van der Waals surface area contributed by atoms with Crippen molar-refractivity contribution in [3.63, 3.8) is 0 Å². The number of nitrogens with zero attached hydrogens (tertiary/aromatic N) is 2. The lowest BCUT2D eigenvalue weighted by molar-refractivity contribution is 0.332. The first-order valence-electron chi connectivity index (χ1n) is 28.8. The summed E-state index contributed by atoms with van der Waals surface area (Å²) in [5.74, 6) is 0. The molecule has 0 atom stereocenters. The normalized spacial score (nSPS) is 18.9. The van der Waals surface area contributed by atoms with E-state index in [0.29, 0.717) is 0 Å². The molecule has 5 heteroatoms. The van der Waals surface area contributed by atoms with Crippen LogP contribution in [0.1, 0.15) is 187 Å². The predicted molar refractivity (Wildman–Crippen MR) is 337 cm³/mol. The standard InChI is InChI=1S/C72H79BN2S2/c1-42-34-58-63-59(35-42)75(56-29-26-45(67(5,6)7)36-47(56)43-22-24-44(25-23-43)66(2,3)4)57-41-62-54(72(16,17)50-20-18-19-21-60(50)76-62)39-55(57)73(63)65-64(48-38-52-53(40-61(48)77-65)71(14,15)33-32-70(52,12)13)74(58)46-27-28-49-51(37-46)69(10,11)31-30-68(49,8)9/h18-29,34-41H,30-33H2,1-17H3. The first kappa shape index (κ1) is 51.0. The highest BCUT2D eigenvalue weighted by molar-refractivity contribution is 7.99. The van der Waals surface area contributed by atoms with E-state index < -0.39 is 0 Å². The van der Waals surface area contributed by atoms with Gasteiger partial charge in [0.2, 0.25) is 0 Å². The van der Waals surface area contributed by atoms with E-state index in [1.54, 1.807) is 0 Å². The van der Waals surface area contributed by atoms with E-state index in [9.17, 15) is 0 Å². The van der Waals surface area contributed by atoms with E-state index in [2.05, 4.69) is 260 Å². The van der Waals surface area contributed by atoms with Crippen LogP contribution in [0.25, 0.3) is 21.2 Å². The van der Waals surface area contributed by atoms with Crippen molar-refractivity contribution in [2.75, 3.05) is 9.80 Å². The monoisotopic (exact) mass is 1050 g/mol. The van der Waals surface area contributed by atoms with Gasteiger partial charge in [0.15, 0.2) is 0 Å².